The number of pyridine rings is 1. The number of hydrogen-bond donors (Lipinski definition) is 2. The normalized spacial score (nSPS) is 15.6. The fourth-order valence-corrected chi connectivity index (χ4v) is 3.27. The van der Waals surface area contributed by atoms with Crippen LogP contribution >= 0.6 is 0 Å². The lowest BCUT2D eigenvalue weighted by Gasteiger charge is -2.23. The van der Waals surface area contributed by atoms with Crippen molar-refractivity contribution in [3.63, 3.8) is 0 Å². The number of aromatic nitrogens is 1. The van der Waals surface area contributed by atoms with Crippen LogP contribution in [0.2, 0.25) is 0 Å². The molecule has 3 rings (SSSR count). The second-order valence-corrected chi connectivity index (χ2v) is 6.87. The van der Waals surface area contributed by atoms with Crippen LogP contribution in [-0.4, -0.2) is 39.8 Å². The van der Waals surface area contributed by atoms with E-state index >= 15 is 0 Å². The quantitative estimate of drug-likeness (QED) is 0.707. The minimum absolute atomic E-state index is 0.319. The van der Waals surface area contributed by atoms with Gasteiger partial charge in [0, 0.05) is 11.9 Å². The Balaban J connectivity index is 1.65. The molecule has 0 aliphatic carbocycles. The molecule has 0 atom stereocenters. The predicted molar refractivity (Wildman–Crippen MR) is 112 cm³/mol. The van der Waals surface area contributed by atoms with Crippen LogP contribution in [0.25, 0.3) is 12.2 Å². The van der Waals surface area contributed by atoms with E-state index in [0.717, 1.165) is 16.2 Å². The van der Waals surface area contributed by atoms with Gasteiger partial charge in [0.05, 0.1) is 5.69 Å². The monoisotopic (exact) mass is 392 g/mol. The van der Waals surface area contributed by atoms with E-state index < -0.39 is 17.5 Å². The summed E-state index contributed by atoms with van der Waals surface area (Å²) in [5, 5.41) is 5.47. The number of carbonyl (C=O) groups is 3. The second kappa shape index (κ2) is 8.68. The van der Waals surface area contributed by atoms with Gasteiger partial charge in [-0.3, -0.25) is 19.5 Å². The standard InChI is InChI=1S/C22H24N4O3/c1-3-22(4-2)20(28)26(21(29)25-22)15-19(27)24-18-10-7-8-16(14-18)11-12-17-9-5-6-13-23-17/h5-14H,3-4,15H2,1-2H3,(H,24,27)(H,25,29). The third-order valence-electron chi connectivity index (χ3n) is 5.06. The van der Waals surface area contributed by atoms with Gasteiger partial charge >= 0.3 is 6.03 Å². The molecular formula is C22H24N4O3. The zero-order valence-electron chi connectivity index (χ0n) is 16.5. The molecule has 1 aromatic heterocycles. The van der Waals surface area contributed by atoms with Gasteiger partial charge in [0.1, 0.15) is 12.1 Å². The zero-order valence-corrected chi connectivity index (χ0v) is 16.5. The van der Waals surface area contributed by atoms with Crippen molar-refractivity contribution in [2.75, 3.05) is 11.9 Å². The van der Waals surface area contributed by atoms with Gasteiger partial charge in [-0.1, -0.05) is 38.1 Å². The Morgan fingerprint density at radius 3 is 2.59 bits per heavy atom. The molecule has 0 unspecified atom stereocenters. The molecule has 0 bridgehead atoms. The minimum Gasteiger partial charge on any atom is -0.325 e. The van der Waals surface area contributed by atoms with Crippen molar-refractivity contribution in [1.82, 2.24) is 15.2 Å². The van der Waals surface area contributed by atoms with Crippen molar-refractivity contribution in [3.05, 3.63) is 59.9 Å². The Bertz CT molecular complexity index is 936. The van der Waals surface area contributed by atoms with Crippen molar-refractivity contribution in [2.24, 2.45) is 0 Å². The number of nitrogens with one attached hydrogen (secondary N) is 2. The molecule has 1 fully saturated rings. The number of amides is 4. The summed E-state index contributed by atoms with van der Waals surface area (Å²) in [6.45, 7) is 3.37. The van der Waals surface area contributed by atoms with Crippen molar-refractivity contribution in [2.45, 2.75) is 32.2 Å². The molecule has 1 aliphatic rings. The Hall–Kier alpha value is -3.48. The molecule has 4 amide bonds. The third kappa shape index (κ3) is 4.51. The highest BCUT2D eigenvalue weighted by Gasteiger charge is 2.49. The van der Waals surface area contributed by atoms with Gasteiger partial charge in [-0.05, 0) is 48.7 Å². The van der Waals surface area contributed by atoms with Crippen LogP contribution in [0.3, 0.4) is 0 Å². The van der Waals surface area contributed by atoms with Crippen LogP contribution in [0.1, 0.15) is 37.9 Å². The SMILES string of the molecule is CCC1(CC)NC(=O)N(CC(=O)Nc2cccc(C=Cc3ccccn3)c2)C1=O. The summed E-state index contributed by atoms with van der Waals surface area (Å²) in [7, 11) is 0. The first-order chi connectivity index (χ1) is 14.0. The molecule has 2 aromatic rings. The zero-order chi connectivity index (χ0) is 20.9. The molecule has 0 saturated carbocycles. The van der Waals surface area contributed by atoms with Gasteiger partial charge in [0.15, 0.2) is 0 Å². The van der Waals surface area contributed by atoms with Crippen molar-refractivity contribution in [3.8, 4) is 0 Å². The van der Waals surface area contributed by atoms with E-state index in [1.807, 2.05) is 62.4 Å². The molecule has 1 aromatic carbocycles. The number of carbonyl (C=O) groups excluding carboxylic acids is 3. The molecule has 1 saturated heterocycles. The fourth-order valence-electron chi connectivity index (χ4n) is 3.27. The third-order valence-corrected chi connectivity index (χ3v) is 5.06. The molecule has 0 radical (unpaired) electrons. The average molecular weight is 392 g/mol. The van der Waals surface area contributed by atoms with Crippen molar-refractivity contribution < 1.29 is 14.4 Å². The maximum atomic E-state index is 12.6. The Kier molecular flexibility index (Phi) is 6.07. The van der Waals surface area contributed by atoms with Crippen molar-refractivity contribution >= 4 is 35.7 Å². The van der Waals surface area contributed by atoms with E-state index in [0.29, 0.717) is 18.5 Å². The highest BCUT2D eigenvalue weighted by Crippen LogP contribution is 2.24. The Labute approximate surface area is 169 Å². The summed E-state index contributed by atoms with van der Waals surface area (Å²) in [4.78, 5) is 42.4. The Morgan fingerprint density at radius 1 is 1.14 bits per heavy atom. The maximum absolute atomic E-state index is 12.6. The van der Waals surface area contributed by atoms with Crippen LogP contribution in [0, 0.1) is 0 Å². The smallest absolute Gasteiger partial charge is 0.325 e. The summed E-state index contributed by atoms with van der Waals surface area (Å²) in [5.41, 5.74) is 1.39. The number of nitrogens with zero attached hydrogens (tertiary/aromatic N) is 2. The number of hydrogen-bond acceptors (Lipinski definition) is 4. The summed E-state index contributed by atoms with van der Waals surface area (Å²) in [6.07, 6.45) is 6.46. The summed E-state index contributed by atoms with van der Waals surface area (Å²) in [6, 6.07) is 12.4. The van der Waals surface area contributed by atoms with Crippen LogP contribution < -0.4 is 10.6 Å². The number of anilines is 1. The predicted octanol–water partition coefficient (Wildman–Crippen LogP) is 3.30. The highest BCUT2D eigenvalue weighted by atomic mass is 16.2. The van der Waals surface area contributed by atoms with Crippen LogP contribution in [-0.2, 0) is 9.59 Å². The molecule has 7 heteroatoms. The Morgan fingerprint density at radius 2 is 1.93 bits per heavy atom. The van der Waals surface area contributed by atoms with Crippen LogP contribution in [0.4, 0.5) is 10.5 Å². The van der Waals surface area contributed by atoms with Gasteiger partial charge in [-0.15, -0.1) is 0 Å². The molecular weight excluding hydrogens is 368 g/mol. The second-order valence-electron chi connectivity index (χ2n) is 6.87. The number of imide groups is 1. The first-order valence-electron chi connectivity index (χ1n) is 9.60. The first-order valence-corrected chi connectivity index (χ1v) is 9.60. The molecule has 150 valence electrons. The lowest BCUT2D eigenvalue weighted by atomic mass is 9.93. The van der Waals surface area contributed by atoms with E-state index in [1.165, 1.54) is 0 Å². The van der Waals surface area contributed by atoms with Gasteiger partial charge in [-0.25, -0.2) is 4.79 Å². The van der Waals surface area contributed by atoms with E-state index in [2.05, 4.69) is 15.6 Å². The lowest BCUT2D eigenvalue weighted by molar-refractivity contribution is -0.134. The molecule has 29 heavy (non-hydrogen) atoms. The van der Waals surface area contributed by atoms with Crippen LogP contribution in [0.15, 0.2) is 48.7 Å². The number of urea groups is 1. The fraction of sp³-hybridized carbons (Fsp3) is 0.273. The van der Waals surface area contributed by atoms with Gasteiger partial charge < -0.3 is 10.6 Å². The van der Waals surface area contributed by atoms with Crippen LogP contribution in [0.5, 0.6) is 0 Å². The summed E-state index contributed by atoms with van der Waals surface area (Å²) < 4.78 is 0. The van der Waals surface area contributed by atoms with E-state index in [1.54, 1.807) is 12.3 Å². The van der Waals surface area contributed by atoms with Gasteiger partial charge in [-0.2, -0.15) is 0 Å². The summed E-state index contributed by atoms with van der Waals surface area (Å²) in [5.74, 6) is -0.781. The summed E-state index contributed by atoms with van der Waals surface area (Å²) >= 11 is 0. The van der Waals surface area contributed by atoms with E-state index in [-0.39, 0.29) is 12.5 Å². The molecule has 0 spiro atoms. The van der Waals surface area contributed by atoms with Gasteiger partial charge in [0.25, 0.3) is 5.91 Å². The molecule has 2 heterocycles. The molecule has 7 nitrogen and oxygen atoms in total. The minimum atomic E-state index is -0.909. The first kappa shape index (κ1) is 20.3. The number of rotatable bonds is 7. The topological polar surface area (TPSA) is 91.4 Å². The lowest BCUT2D eigenvalue weighted by Crippen LogP contribution is -2.46. The van der Waals surface area contributed by atoms with Crippen molar-refractivity contribution in [1.29, 1.82) is 0 Å². The van der Waals surface area contributed by atoms with E-state index in [9.17, 15) is 14.4 Å². The maximum Gasteiger partial charge on any atom is 0.325 e. The van der Waals surface area contributed by atoms with Gasteiger partial charge in [0.2, 0.25) is 5.91 Å². The highest BCUT2D eigenvalue weighted by molar-refractivity contribution is 6.10. The molecule has 1 aliphatic heterocycles. The molecule has 2 N–H and O–H groups in total. The van der Waals surface area contributed by atoms with E-state index in [4.69, 9.17) is 0 Å². The number of benzene rings is 1. The largest absolute Gasteiger partial charge is 0.325 e. The average Bonchev–Trinajstić information content (AvgIpc) is 2.98.